The normalized spacial score (nSPS) is 12.0. The van der Waals surface area contributed by atoms with Crippen LogP contribution in [0.4, 0.5) is 11.4 Å². The molecule has 0 unspecified atom stereocenters. The number of hydrogen-bond acceptors (Lipinski definition) is 4. The van der Waals surface area contributed by atoms with Crippen LogP contribution in [0.25, 0.3) is 0 Å². The number of nitrogens with one attached hydrogen (secondary N) is 3. The highest BCUT2D eigenvalue weighted by Crippen LogP contribution is 2.30. The molecular weight excluding hydrogens is 506 g/mol. The molecule has 0 spiro atoms. The van der Waals surface area contributed by atoms with Gasteiger partial charge in [0.25, 0.3) is 11.6 Å². The van der Waals surface area contributed by atoms with Crippen LogP contribution < -0.4 is 16.0 Å². The lowest BCUT2D eigenvalue weighted by Gasteiger charge is -2.28. The van der Waals surface area contributed by atoms with Gasteiger partial charge in [0.1, 0.15) is 6.17 Å². The molecule has 29 heavy (non-hydrogen) atoms. The number of carbonyl (C=O) groups is 1. The zero-order chi connectivity index (χ0) is 21.8. The van der Waals surface area contributed by atoms with Crippen molar-refractivity contribution in [3.8, 4) is 0 Å². The number of amides is 1. The quantitative estimate of drug-likeness (QED) is 0.164. The average Bonchev–Trinajstić information content (AvgIpc) is 2.62. The summed E-state index contributed by atoms with van der Waals surface area (Å²) in [5.41, 5.74) is 0.173. The molecule has 0 aliphatic heterocycles. The maximum atomic E-state index is 12.5. The van der Waals surface area contributed by atoms with Crippen molar-refractivity contribution < 1.29 is 9.72 Å². The second-order valence-corrected chi connectivity index (χ2v) is 9.10. The standard InChI is InChI=1S/C16H11Cl5N4O3S/c17-9-4-5-12(11(18)7-9)22-15(29)24-14(16(19,20)21)23-13(26)8-2-1-3-10(6-8)25(27)28/h1-7,14H,(H,23,26)(H2,22,24,29)/t14-/m1/s1. The van der Waals surface area contributed by atoms with Gasteiger partial charge in [0.05, 0.1) is 15.6 Å². The van der Waals surface area contributed by atoms with Crippen molar-refractivity contribution in [3.63, 3.8) is 0 Å². The highest BCUT2D eigenvalue weighted by atomic mass is 35.6. The third-order valence-electron chi connectivity index (χ3n) is 3.38. The number of nitro benzene ring substituents is 1. The molecule has 3 N–H and O–H groups in total. The molecule has 0 aromatic heterocycles. The van der Waals surface area contributed by atoms with E-state index in [2.05, 4.69) is 16.0 Å². The fourth-order valence-electron chi connectivity index (χ4n) is 2.06. The number of carbonyl (C=O) groups excluding carboxylic acids is 1. The highest BCUT2D eigenvalue weighted by molar-refractivity contribution is 7.80. The Bertz CT molecular complexity index is 954. The van der Waals surface area contributed by atoms with Crippen molar-refractivity contribution in [2.75, 3.05) is 5.32 Å². The van der Waals surface area contributed by atoms with E-state index >= 15 is 0 Å². The number of rotatable bonds is 5. The summed E-state index contributed by atoms with van der Waals surface area (Å²) in [5, 5.41) is 19.5. The van der Waals surface area contributed by atoms with Crippen molar-refractivity contribution >= 4 is 92.6 Å². The molecule has 0 saturated heterocycles. The van der Waals surface area contributed by atoms with E-state index in [0.29, 0.717) is 15.7 Å². The minimum atomic E-state index is -2.01. The van der Waals surface area contributed by atoms with Crippen LogP contribution in [0.5, 0.6) is 0 Å². The van der Waals surface area contributed by atoms with Crippen LogP contribution in [-0.2, 0) is 0 Å². The summed E-state index contributed by atoms with van der Waals surface area (Å²) >= 11 is 34.9. The zero-order valence-corrected chi connectivity index (χ0v) is 18.7. The van der Waals surface area contributed by atoms with Gasteiger partial charge in [0.15, 0.2) is 5.11 Å². The van der Waals surface area contributed by atoms with E-state index in [1.54, 1.807) is 12.1 Å². The van der Waals surface area contributed by atoms with Gasteiger partial charge in [0, 0.05) is 22.7 Å². The van der Waals surface area contributed by atoms with Gasteiger partial charge in [0.2, 0.25) is 3.79 Å². The van der Waals surface area contributed by atoms with Gasteiger partial charge < -0.3 is 16.0 Å². The first-order valence-corrected chi connectivity index (χ1v) is 9.92. The predicted octanol–water partition coefficient (Wildman–Crippen LogP) is 5.31. The summed E-state index contributed by atoms with van der Waals surface area (Å²) in [6.07, 6.45) is -1.27. The number of hydrogen-bond donors (Lipinski definition) is 3. The van der Waals surface area contributed by atoms with Crippen LogP contribution in [0.3, 0.4) is 0 Å². The Morgan fingerprint density at radius 2 is 1.79 bits per heavy atom. The predicted molar refractivity (Wildman–Crippen MR) is 120 cm³/mol. The van der Waals surface area contributed by atoms with Crippen LogP contribution in [0, 0.1) is 10.1 Å². The Morgan fingerprint density at radius 1 is 1.10 bits per heavy atom. The molecule has 0 saturated carbocycles. The Kier molecular flexibility index (Phi) is 8.16. The Hall–Kier alpha value is -1.55. The Labute approximate surface area is 195 Å². The average molecular weight is 517 g/mol. The summed E-state index contributed by atoms with van der Waals surface area (Å²) in [7, 11) is 0. The van der Waals surface area contributed by atoms with Gasteiger partial charge in [-0.3, -0.25) is 14.9 Å². The highest BCUT2D eigenvalue weighted by Gasteiger charge is 2.35. The molecule has 2 aromatic carbocycles. The minimum Gasteiger partial charge on any atom is -0.339 e. The molecule has 0 aliphatic rings. The number of anilines is 1. The number of non-ortho nitro benzene ring substituents is 1. The van der Waals surface area contributed by atoms with Crippen LogP contribution in [-0.4, -0.2) is 25.9 Å². The monoisotopic (exact) mass is 514 g/mol. The molecule has 2 aromatic rings. The lowest BCUT2D eigenvalue weighted by atomic mass is 10.2. The van der Waals surface area contributed by atoms with E-state index < -0.39 is 20.8 Å². The summed E-state index contributed by atoms with van der Waals surface area (Å²) in [4.78, 5) is 22.7. The van der Waals surface area contributed by atoms with E-state index in [9.17, 15) is 14.9 Å². The van der Waals surface area contributed by atoms with E-state index in [-0.39, 0.29) is 16.4 Å². The number of thiocarbonyl (C=S) groups is 1. The molecule has 2 rings (SSSR count). The molecule has 154 valence electrons. The molecule has 1 atom stereocenters. The van der Waals surface area contributed by atoms with Crippen LogP contribution in [0.15, 0.2) is 42.5 Å². The van der Waals surface area contributed by atoms with Crippen molar-refractivity contribution in [1.82, 2.24) is 10.6 Å². The number of nitrogens with zero attached hydrogens (tertiary/aromatic N) is 1. The Morgan fingerprint density at radius 3 is 2.38 bits per heavy atom. The summed E-state index contributed by atoms with van der Waals surface area (Å²) in [6.45, 7) is 0. The van der Waals surface area contributed by atoms with Gasteiger partial charge in [-0.15, -0.1) is 0 Å². The first-order chi connectivity index (χ1) is 13.5. The third kappa shape index (κ3) is 7.02. The van der Waals surface area contributed by atoms with E-state index in [0.717, 1.165) is 6.07 Å². The molecule has 0 bridgehead atoms. The third-order valence-corrected chi connectivity index (χ3v) is 4.80. The number of nitro groups is 1. The fraction of sp³-hybridized carbons (Fsp3) is 0.125. The van der Waals surface area contributed by atoms with Gasteiger partial charge in [-0.2, -0.15) is 0 Å². The van der Waals surface area contributed by atoms with Crippen molar-refractivity contribution in [3.05, 3.63) is 68.2 Å². The lowest BCUT2D eigenvalue weighted by molar-refractivity contribution is -0.384. The molecular formula is C16H11Cl5N4O3S. The van der Waals surface area contributed by atoms with Gasteiger partial charge in [-0.25, -0.2) is 0 Å². The molecule has 1 amide bonds. The van der Waals surface area contributed by atoms with Crippen LogP contribution in [0.1, 0.15) is 10.4 Å². The van der Waals surface area contributed by atoms with Gasteiger partial charge in [-0.1, -0.05) is 64.1 Å². The lowest BCUT2D eigenvalue weighted by Crippen LogP contribution is -2.56. The number of benzene rings is 2. The molecule has 0 radical (unpaired) electrons. The summed E-state index contributed by atoms with van der Waals surface area (Å²) in [5.74, 6) is -0.718. The van der Waals surface area contributed by atoms with E-state index in [1.807, 2.05) is 0 Å². The molecule has 7 nitrogen and oxygen atoms in total. The molecule has 13 heteroatoms. The van der Waals surface area contributed by atoms with Gasteiger partial charge >= 0.3 is 0 Å². The fourth-order valence-corrected chi connectivity index (χ4v) is 3.07. The maximum absolute atomic E-state index is 12.5. The number of alkyl halides is 3. The van der Waals surface area contributed by atoms with Crippen LogP contribution >= 0.6 is 70.2 Å². The van der Waals surface area contributed by atoms with E-state index in [1.165, 1.54) is 24.3 Å². The first-order valence-electron chi connectivity index (χ1n) is 7.62. The smallest absolute Gasteiger partial charge is 0.270 e. The first kappa shape index (κ1) is 23.7. The molecule has 0 aliphatic carbocycles. The summed E-state index contributed by atoms with van der Waals surface area (Å²) in [6, 6.07) is 9.76. The van der Waals surface area contributed by atoms with Crippen molar-refractivity contribution in [1.29, 1.82) is 0 Å². The van der Waals surface area contributed by atoms with E-state index in [4.69, 9.17) is 70.2 Å². The minimum absolute atomic E-state index is 0.000117. The van der Waals surface area contributed by atoms with Gasteiger partial charge in [-0.05, 0) is 36.5 Å². The topological polar surface area (TPSA) is 96.3 Å². The largest absolute Gasteiger partial charge is 0.339 e. The number of halogens is 5. The Balaban J connectivity index is 2.13. The molecule has 0 heterocycles. The molecule has 0 fully saturated rings. The second-order valence-electron chi connectivity index (χ2n) is 5.48. The SMILES string of the molecule is O=C(N[C@H](NC(=S)Nc1ccc(Cl)cc1Cl)C(Cl)(Cl)Cl)c1cccc([N+](=O)[O-])c1. The van der Waals surface area contributed by atoms with Crippen molar-refractivity contribution in [2.24, 2.45) is 0 Å². The maximum Gasteiger partial charge on any atom is 0.270 e. The zero-order valence-electron chi connectivity index (χ0n) is 14.1. The van der Waals surface area contributed by atoms with Crippen molar-refractivity contribution in [2.45, 2.75) is 9.96 Å². The van der Waals surface area contributed by atoms with Crippen LogP contribution in [0.2, 0.25) is 10.0 Å². The second kappa shape index (κ2) is 9.97. The summed E-state index contributed by atoms with van der Waals surface area (Å²) < 4.78 is -2.01.